The Labute approximate surface area is 311 Å². The molecule has 266 valence electrons. The Hall–Kier alpha value is -4.37. The Morgan fingerprint density at radius 1 is 0.434 bits per heavy atom. The average molecular weight is 717 g/mol. The van der Waals surface area contributed by atoms with Crippen LogP contribution in [0.4, 0.5) is 0 Å². The third-order valence-electron chi connectivity index (χ3n) is 13.2. The van der Waals surface area contributed by atoms with Crippen LogP contribution in [0.1, 0.15) is 95.9 Å². The molecule has 0 saturated carbocycles. The van der Waals surface area contributed by atoms with Crippen LogP contribution < -0.4 is 9.05 Å². The minimum Gasteiger partial charge on any atom is -0.394 e. The number of hydrogen-bond acceptors (Lipinski definition) is 3. The maximum Gasteiger partial charge on any atom is 0.584 e. The predicted molar refractivity (Wildman–Crippen MR) is 215 cm³/mol. The van der Waals surface area contributed by atoms with Gasteiger partial charge in [0.15, 0.2) is 0 Å². The van der Waals surface area contributed by atoms with E-state index in [0.717, 1.165) is 121 Å². The molecule has 53 heavy (non-hydrogen) atoms. The zero-order valence-electron chi connectivity index (χ0n) is 30.4. The van der Waals surface area contributed by atoms with E-state index in [1.165, 1.54) is 81.3 Å². The zero-order valence-corrected chi connectivity index (χ0v) is 31.3. The first kappa shape index (κ1) is 32.1. The third kappa shape index (κ3) is 5.09. The molecule has 0 spiro atoms. The first-order chi connectivity index (χ1) is 26.0. The van der Waals surface area contributed by atoms with Crippen LogP contribution in [0.2, 0.25) is 0 Å². The number of fused-ring (bicyclic) bond motifs is 11. The van der Waals surface area contributed by atoms with Crippen LogP contribution in [0.3, 0.4) is 0 Å². The van der Waals surface area contributed by atoms with Crippen LogP contribution in [-0.2, 0) is 55.9 Å². The van der Waals surface area contributed by atoms with Crippen LogP contribution in [0.5, 0.6) is 11.5 Å². The van der Waals surface area contributed by atoms with Crippen LogP contribution in [0.25, 0.3) is 54.9 Å². The van der Waals surface area contributed by atoms with Crippen LogP contribution in [0, 0.1) is 0 Å². The maximum atomic E-state index is 14.7. The van der Waals surface area contributed by atoms with Crippen molar-refractivity contribution in [3.63, 3.8) is 0 Å². The molecule has 1 aliphatic heterocycles. The summed E-state index contributed by atoms with van der Waals surface area (Å²) >= 11 is 0. The van der Waals surface area contributed by atoms with Crippen molar-refractivity contribution in [2.45, 2.75) is 103 Å². The van der Waals surface area contributed by atoms with Gasteiger partial charge in [-0.2, -0.15) is 0 Å². The number of aryl methyl sites for hydroxylation is 4. The van der Waals surface area contributed by atoms with Gasteiger partial charge in [0.2, 0.25) is 0 Å². The lowest BCUT2D eigenvalue weighted by molar-refractivity contribution is 0.295. The zero-order chi connectivity index (χ0) is 35.3. The maximum absolute atomic E-state index is 14.7. The Bertz CT molecular complexity index is 2340. The second-order valence-corrected chi connectivity index (χ2v) is 17.5. The number of phosphoric ester groups is 1. The molecule has 0 atom stereocenters. The number of rotatable bonds is 2. The van der Waals surface area contributed by atoms with E-state index in [0.29, 0.717) is 11.5 Å². The normalized spacial score (nSPS) is 18.4. The first-order valence-electron chi connectivity index (χ1n) is 20.2. The molecule has 4 nitrogen and oxygen atoms in total. The first-order valence-corrected chi connectivity index (χ1v) is 21.7. The van der Waals surface area contributed by atoms with Gasteiger partial charge in [0.05, 0.1) is 0 Å². The largest absolute Gasteiger partial charge is 0.584 e. The fraction of sp³-hybridized carbons (Fsp3) is 0.333. The number of benzene rings is 6. The van der Waals surface area contributed by atoms with Crippen LogP contribution >= 0.6 is 7.82 Å². The Morgan fingerprint density at radius 2 is 0.774 bits per heavy atom. The van der Waals surface area contributed by atoms with E-state index < -0.39 is 7.82 Å². The molecule has 4 aliphatic carbocycles. The van der Waals surface area contributed by atoms with Crippen molar-refractivity contribution in [2.24, 2.45) is 0 Å². The molecular formula is C48H45O4P. The van der Waals surface area contributed by atoms with E-state index in [1.54, 1.807) is 0 Å². The summed E-state index contributed by atoms with van der Waals surface area (Å²) in [5.41, 5.74) is 17.5. The van der Waals surface area contributed by atoms with E-state index >= 15 is 0 Å². The van der Waals surface area contributed by atoms with E-state index in [2.05, 4.69) is 72.8 Å². The van der Waals surface area contributed by atoms with Gasteiger partial charge in [-0.05, 0) is 192 Å². The van der Waals surface area contributed by atoms with E-state index in [4.69, 9.17) is 9.05 Å². The van der Waals surface area contributed by atoms with Crippen molar-refractivity contribution in [1.82, 2.24) is 0 Å². The second-order valence-electron chi connectivity index (χ2n) is 16.2. The van der Waals surface area contributed by atoms with Crippen LogP contribution in [0.15, 0.2) is 72.8 Å². The van der Waals surface area contributed by atoms with Crippen molar-refractivity contribution < 1.29 is 18.5 Å². The molecular weight excluding hydrogens is 671 g/mol. The monoisotopic (exact) mass is 716 g/mol. The molecule has 11 rings (SSSR count). The molecule has 0 bridgehead atoms. The fourth-order valence-corrected chi connectivity index (χ4v) is 11.8. The lowest BCUT2D eigenvalue weighted by Crippen LogP contribution is -2.13. The topological polar surface area (TPSA) is 55.8 Å². The fourth-order valence-electron chi connectivity index (χ4n) is 10.9. The molecule has 1 N–H and O–H groups in total. The summed E-state index contributed by atoms with van der Waals surface area (Å²) in [5, 5.41) is 4.23. The number of hydrogen-bond donors (Lipinski definition) is 1. The molecule has 1 heterocycles. The van der Waals surface area contributed by atoms with Crippen molar-refractivity contribution in [3.8, 4) is 44.9 Å². The molecule has 5 heteroatoms. The Balaban J connectivity index is 1.31. The molecule has 0 aromatic heterocycles. The summed E-state index contributed by atoms with van der Waals surface area (Å²) in [6.07, 6.45) is 17.8. The summed E-state index contributed by atoms with van der Waals surface area (Å²) in [4.78, 5) is 12.0. The van der Waals surface area contributed by atoms with E-state index in [-0.39, 0.29) is 0 Å². The van der Waals surface area contributed by atoms with Gasteiger partial charge >= 0.3 is 7.82 Å². The molecule has 0 amide bonds. The van der Waals surface area contributed by atoms with Gasteiger partial charge in [0.25, 0.3) is 0 Å². The van der Waals surface area contributed by atoms with Gasteiger partial charge in [-0.15, -0.1) is 0 Å². The highest BCUT2D eigenvalue weighted by molar-refractivity contribution is 7.48. The summed E-state index contributed by atoms with van der Waals surface area (Å²) in [5.74, 6) is 0.971. The van der Waals surface area contributed by atoms with Crippen molar-refractivity contribution in [2.75, 3.05) is 0 Å². The molecule has 6 aromatic rings. The van der Waals surface area contributed by atoms with Crippen molar-refractivity contribution >= 4 is 29.4 Å². The van der Waals surface area contributed by atoms with Gasteiger partial charge in [0, 0.05) is 22.3 Å². The summed E-state index contributed by atoms with van der Waals surface area (Å²) in [6, 6.07) is 26.5. The van der Waals surface area contributed by atoms with Gasteiger partial charge in [-0.25, -0.2) is 4.57 Å². The molecule has 0 fully saturated rings. The smallest absolute Gasteiger partial charge is 0.394 e. The van der Waals surface area contributed by atoms with Crippen molar-refractivity contribution in [1.29, 1.82) is 0 Å². The highest BCUT2D eigenvalue weighted by atomic mass is 31.2. The Morgan fingerprint density at radius 3 is 1.15 bits per heavy atom. The third-order valence-corrected chi connectivity index (χ3v) is 14.0. The summed E-state index contributed by atoms with van der Waals surface area (Å²) in [6.45, 7) is 0. The van der Waals surface area contributed by atoms with Gasteiger partial charge in [-0.1, -0.05) is 60.7 Å². The standard InChI is InChI=1S/C48H45O4P/c49-53(50)51-47-41(43-35-19-7-1-13-29(35)25-30-14-2-8-20-36(30)43)27-33-17-5-11-23-39(33)45(47)46-40-24-12-6-18-34(40)28-42(48(46)52-53)44-37-21-9-3-15-31(37)26-32-16-4-10-22-38(32)44/h5-6,11-12,17-18,23-28H,1-4,7-10,13-16,19-22H2,(H,49,50). The SMILES string of the molecule is O=P1(O)Oc2c(-c3c4c(cc5c3CCCC5)CCCC4)cc3ccccc3c2-c2c(c(-c3c4c(cc5c3CCCC5)CCCC4)cc3ccccc23)O1. The van der Waals surface area contributed by atoms with E-state index in [9.17, 15) is 9.46 Å². The molecule has 0 radical (unpaired) electrons. The highest BCUT2D eigenvalue weighted by Gasteiger charge is 2.40. The summed E-state index contributed by atoms with van der Waals surface area (Å²) < 4.78 is 27.8. The molecule has 0 unspecified atom stereocenters. The van der Waals surface area contributed by atoms with Gasteiger partial charge in [-0.3, -0.25) is 4.89 Å². The Kier molecular flexibility index (Phi) is 7.47. The molecule has 5 aliphatic rings. The molecule has 0 saturated heterocycles. The second kappa shape index (κ2) is 12.3. The minimum atomic E-state index is -4.66. The lowest BCUT2D eigenvalue weighted by atomic mass is 9.75. The van der Waals surface area contributed by atoms with Crippen LogP contribution in [-0.4, -0.2) is 4.89 Å². The van der Waals surface area contributed by atoms with E-state index in [1.807, 2.05) is 0 Å². The average Bonchev–Trinajstić information content (AvgIpc) is 3.32. The predicted octanol–water partition coefficient (Wildman–Crippen LogP) is 12.4. The minimum absolute atomic E-state index is 0.486. The number of phosphoric acid groups is 1. The lowest BCUT2D eigenvalue weighted by Gasteiger charge is -2.29. The quantitative estimate of drug-likeness (QED) is 0.181. The molecule has 6 aromatic carbocycles. The van der Waals surface area contributed by atoms with Gasteiger partial charge in [0.1, 0.15) is 11.5 Å². The van der Waals surface area contributed by atoms with Gasteiger partial charge < -0.3 is 9.05 Å². The highest BCUT2D eigenvalue weighted by Crippen LogP contribution is 2.63. The van der Waals surface area contributed by atoms with Crippen molar-refractivity contribution in [3.05, 3.63) is 117 Å². The summed E-state index contributed by atoms with van der Waals surface area (Å²) in [7, 11) is -4.66.